The number of aliphatic hydroxyl groups is 1. The molecule has 2 heterocycles. The monoisotopic (exact) mass is 210 g/mol. The van der Waals surface area contributed by atoms with Crippen LogP contribution in [0.5, 0.6) is 0 Å². The van der Waals surface area contributed by atoms with Crippen LogP contribution in [-0.2, 0) is 9.47 Å². The number of nitrogens with two attached hydrogens (primary N) is 1. The van der Waals surface area contributed by atoms with Gasteiger partial charge in [-0.05, 0) is 6.07 Å². The van der Waals surface area contributed by atoms with Crippen LogP contribution in [0, 0.1) is 0 Å². The maximum atomic E-state index is 10.0. The van der Waals surface area contributed by atoms with Crippen molar-refractivity contribution in [1.82, 2.24) is 4.98 Å². The van der Waals surface area contributed by atoms with E-state index in [1.54, 1.807) is 18.3 Å². The first kappa shape index (κ1) is 10.4. The van der Waals surface area contributed by atoms with E-state index in [1.165, 1.54) is 0 Å². The highest BCUT2D eigenvalue weighted by Gasteiger charge is 2.26. The van der Waals surface area contributed by atoms with Gasteiger partial charge in [0.15, 0.2) is 0 Å². The number of nitrogen functional groups attached to an aromatic ring is 1. The molecule has 5 heteroatoms. The van der Waals surface area contributed by atoms with Crippen LogP contribution >= 0.6 is 0 Å². The van der Waals surface area contributed by atoms with Crippen molar-refractivity contribution in [2.75, 3.05) is 25.6 Å². The molecule has 0 spiro atoms. The Kier molecular flexibility index (Phi) is 3.15. The van der Waals surface area contributed by atoms with Crippen LogP contribution in [0.15, 0.2) is 18.3 Å². The largest absolute Gasteiger partial charge is 0.385 e. The molecule has 2 unspecified atom stereocenters. The number of anilines is 1. The molecule has 0 radical (unpaired) electrons. The van der Waals surface area contributed by atoms with Gasteiger partial charge in [0.2, 0.25) is 0 Å². The lowest BCUT2D eigenvalue weighted by Crippen LogP contribution is -2.34. The summed E-state index contributed by atoms with van der Waals surface area (Å²) in [6, 6.07) is 3.48. The zero-order valence-corrected chi connectivity index (χ0v) is 8.30. The third-order valence-corrected chi connectivity index (χ3v) is 2.38. The van der Waals surface area contributed by atoms with Gasteiger partial charge >= 0.3 is 0 Å². The summed E-state index contributed by atoms with van der Waals surface area (Å²) in [6.45, 7) is 1.46. The summed E-state index contributed by atoms with van der Waals surface area (Å²) >= 11 is 0. The van der Waals surface area contributed by atoms with Crippen molar-refractivity contribution in [2.45, 2.75) is 12.2 Å². The molecule has 2 atom stereocenters. The van der Waals surface area contributed by atoms with E-state index < -0.39 is 6.10 Å². The van der Waals surface area contributed by atoms with Gasteiger partial charge < -0.3 is 20.3 Å². The van der Waals surface area contributed by atoms with E-state index in [1.807, 2.05) is 0 Å². The Morgan fingerprint density at radius 3 is 3.07 bits per heavy atom. The lowest BCUT2D eigenvalue weighted by Gasteiger charge is -2.27. The van der Waals surface area contributed by atoms with Crippen LogP contribution in [0.25, 0.3) is 0 Å². The Balaban J connectivity index is 2.12. The second kappa shape index (κ2) is 4.57. The highest BCUT2D eigenvalue weighted by atomic mass is 16.6. The van der Waals surface area contributed by atoms with Gasteiger partial charge in [-0.25, -0.2) is 4.98 Å². The number of ether oxygens (including phenoxy) is 2. The summed E-state index contributed by atoms with van der Waals surface area (Å²) in [5, 5.41) is 10.0. The molecule has 5 nitrogen and oxygen atoms in total. The molecule has 1 aliphatic heterocycles. The van der Waals surface area contributed by atoms with Gasteiger partial charge in [-0.3, -0.25) is 0 Å². The van der Waals surface area contributed by atoms with Crippen LogP contribution in [0.3, 0.4) is 0 Å². The number of hydrogen-bond acceptors (Lipinski definition) is 5. The molecule has 1 fully saturated rings. The van der Waals surface area contributed by atoms with E-state index in [2.05, 4.69) is 4.98 Å². The van der Waals surface area contributed by atoms with E-state index in [0.29, 0.717) is 31.2 Å². The highest BCUT2D eigenvalue weighted by Crippen LogP contribution is 2.24. The van der Waals surface area contributed by atoms with E-state index in [4.69, 9.17) is 15.2 Å². The molecule has 1 aliphatic rings. The fraction of sp³-hybridized carbons (Fsp3) is 0.500. The van der Waals surface area contributed by atoms with Gasteiger partial charge in [0.1, 0.15) is 18.0 Å². The Bertz CT molecular complexity index is 326. The van der Waals surface area contributed by atoms with Gasteiger partial charge in [0.05, 0.1) is 19.8 Å². The summed E-state index contributed by atoms with van der Waals surface area (Å²) in [6.07, 6.45) is 0.452. The van der Waals surface area contributed by atoms with E-state index in [0.717, 1.165) is 0 Å². The van der Waals surface area contributed by atoms with E-state index >= 15 is 0 Å². The third-order valence-electron chi connectivity index (χ3n) is 2.38. The van der Waals surface area contributed by atoms with Crippen LogP contribution in [-0.4, -0.2) is 36.0 Å². The molecule has 82 valence electrons. The second-order valence-electron chi connectivity index (χ2n) is 3.41. The van der Waals surface area contributed by atoms with Crippen molar-refractivity contribution in [3.8, 4) is 0 Å². The molecule has 2 rings (SSSR count). The lowest BCUT2D eigenvalue weighted by molar-refractivity contribution is -0.133. The minimum Gasteiger partial charge on any atom is -0.385 e. The van der Waals surface area contributed by atoms with Crippen LogP contribution in [0.2, 0.25) is 0 Å². The van der Waals surface area contributed by atoms with Gasteiger partial charge in [-0.15, -0.1) is 0 Å². The SMILES string of the molecule is Nc1ncccc1C(O)C1COCCO1. The molecule has 1 saturated heterocycles. The van der Waals surface area contributed by atoms with Crippen molar-refractivity contribution in [2.24, 2.45) is 0 Å². The molecule has 0 bridgehead atoms. The summed E-state index contributed by atoms with van der Waals surface area (Å²) in [4.78, 5) is 3.92. The molecule has 0 amide bonds. The summed E-state index contributed by atoms with van der Waals surface area (Å²) in [5.41, 5.74) is 6.25. The smallest absolute Gasteiger partial charge is 0.129 e. The zero-order valence-electron chi connectivity index (χ0n) is 8.30. The Morgan fingerprint density at radius 1 is 1.53 bits per heavy atom. The van der Waals surface area contributed by atoms with E-state index in [-0.39, 0.29) is 6.10 Å². The van der Waals surface area contributed by atoms with E-state index in [9.17, 15) is 5.11 Å². The standard InChI is InChI=1S/C10H14N2O3/c11-10-7(2-1-3-12-10)9(13)8-6-14-4-5-15-8/h1-3,8-9,13H,4-6H2,(H2,11,12). The van der Waals surface area contributed by atoms with Crippen molar-refractivity contribution in [3.05, 3.63) is 23.9 Å². The Morgan fingerprint density at radius 2 is 2.40 bits per heavy atom. The average molecular weight is 210 g/mol. The van der Waals surface area contributed by atoms with Crippen molar-refractivity contribution >= 4 is 5.82 Å². The molecule has 1 aromatic rings. The van der Waals surface area contributed by atoms with Crippen LogP contribution in [0.1, 0.15) is 11.7 Å². The van der Waals surface area contributed by atoms with Crippen LogP contribution in [0.4, 0.5) is 5.82 Å². The molecule has 3 N–H and O–H groups in total. The van der Waals surface area contributed by atoms with Crippen molar-refractivity contribution in [1.29, 1.82) is 0 Å². The maximum absolute atomic E-state index is 10.0. The predicted molar refractivity (Wildman–Crippen MR) is 54.2 cm³/mol. The topological polar surface area (TPSA) is 77.6 Å². The molecule has 15 heavy (non-hydrogen) atoms. The molecule has 1 aromatic heterocycles. The number of aromatic nitrogens is 1. The Labute approximate surface area is 87.8 Å². The number of rotatable bonds is 2. The van der Waals surface area contributed by atoms with Gasteiger partial charge in [-0.1, -0.05) is 6.07 Å². The average Bonchev–Trinajstić information content (AvgIpc) is 2.30. The second-order valence-corrected chi connectivity index (χ2v) is 3.41. The normalized spacial score (nSPS) is 23.7. The minimum atomic E-state index is -0.779. The first-order chi connectivity index (χ1) is 7.29. The van der Waals surface area contributed by atoms with Crippen LogP contribution < -0.4 is 5.73 Å². The molecular formula is C10H14N2O3. The molecular weight excluding hydrogens is 196 g/mol. The number of aliphatic hydroxyl groups excluding tert-OH is 1. The van der Waals surface area contributed by atoms with Gasteiger partial charge in [-0.2, -0.15) is 0 Å². The van der Waals surface area contributed by atoms with Gasteiger partial charge in [0, 0.05) is 11.8 Å². The quantitative estimate of drug-likeness (QED) is 0.724. The van der Waals surface area contributed by atoms with Gasteiger partial charge in [0.25, 0.3) is 0 Å². The summed E-state index contributed by atoms with van der Waals surface area (Å²) < 4.78 is 10.6. The number of hydrogen-bond donors (Lipinski definition) is 2. The van der Waals surface area contributed by atoms with Crippen molar-refractivity contribution in [3.63, 3.8) is 0 Å². The van der Waals surface area contributed by atoms with Crippen molar-refractivity contribution < 1.29 is 14.6 Å². The third kappa shape index (κ3) is 2.26. The lowest BCUT2D eigenvalue weighted by atomic mass is 10.1. The predicted octanol–water partition coefficient (Wildman–Crippen LogP) is 0.113. The first-order valence-corrected chi connectivity index (χ1v) is 4.87. The Hall–Kier alpha value is -1.17. The fourth-order valence-electron chi connectivity index (χ4n) is 1.57. The molecule has 0 saturated carbocycles. The zero-order chi connectivity index (χ0) is 10.7. The first-order valence-electron chi connectivity index (χ1n) is 4.87. The summed E-state index contributed by atoms with van der Waals surface area (Å²) in [7, 11) is 0. The summed E-state index contributed by atoms with van der Waals surface area (Å²) in [5.74, 6) is 0.333. The minimum absolute atomic E-state index is 0.333. The number of nitrogens with zero attached hydrogens (tertiary/aromatic N) is 1. The molecule has 0 aliphatic carbocycles. The maximum Gasteiger partial charge on any atom is 0.129 e. The molecule has 0 aromatic carbocycles. The number of pyridine rings is 1. The fourth-order valence-corrected chi connectivity index (χ4v) is 1.57. The highest BCUT2D eigenvalue weighted by molar-refractivity contribution is 5.40.